The molecule has 1 heterocycles. The maximum Gasteiger partial charge on any atom is 0.238 e. The molecule has 120 valence electrons. The third kappa shape index (κ3) is 2.78. The van der Waals surface area contributed by atoms with Crippen LogP contribution in [0.2, 0.25) is 0 Å². The van der Waals surface area contributed by atoms with Gasteiger partial charge in [0.2, 0.25) is 5.91 Å². The number of hydrogen-bond donors (Lipinski definition) is 0. The predicted molar refractivity (Wildman–Crippen MR) is 90.5 cm³/mol. The van der Waals surface area contributed by atoms with E-state index in [4.69, 9.17) is 0 Å². The molecule has 0 unspecified atom stereocenters. The van der Waals surface area contributed by atoms with E-state index in [0.717, 1.165) is 25.7 Å². The lowest BCUT2D eigenvalue weighted by molar-refractivity contribution is -0.116. The molecule has 1 aliphatic carbocycles. The smallest absolute Gasteiger partial charge is 0.238 e. The molecule has 1 amide bonds. The molecule has 4 heteroatoms. The molecule has 22 heavy (non-hydrogen) atoms. The van der Waals surface area contributed by atoms with Gasteiger partial charge in [-0.15, -0.1) is 11.8 Å². The lowest BCUT2D eigenvalue weighted by Gasteiger charge is -2.45. The van der Waals surface area contributed by atoms with Crippen molar-refractivity contribution in [1.82, 2.24) is 0 Å². The van der Waals surface area contributed by atoms with Crippen molar-refractivity contribution in [3.63, 3.8) is 0 Å². The van der Waals surface area contributed by atoms with Gasteiger partial charge in [-0.1, -0.05) is 26.8 Å². The van der Waals surface area contributed by atoms with E-state index in [2.05, 4.69) is 20.8 Å². The molecule has 1 saturated heterocycles. The first-order valence-corrected chi connectivity index (χ1v) is 9.03. The van der Waals surface area contributed by atoms with Crippen molar-refractivity contribution >= 4 is 23.4 Å². The molecule has 1 spiro atoms. The van der Waals surface area contributed by atoms with Gasteiger partial charge in [0.05, 0.1) is 10.6 Å². The van der Waals surface area contributed by atoms with E-state index < -0.39 is 0 Å². The van der Waals surface area contributed by atoms with Crippen LogP contribution in [0.3, 0.4) is 0 Å². The number of carbonyl (C=O) groups excluding carboxylic acids is 1. The van der Waals surface area contributed by atoms with Crippen LogP contribution in [0.15, 0.2) is 24.3 Å². The molecule has 0 N–H and O–H groups in total. The highest BCUT2D eigenvalue weighted by molar-refractivity contribution is 8.02. The molecule has 0 radical (unpaired) electrons. The Hall–Kier alpha value is -1.03. The summed E-state index contributed by atoms with van der Waals surface area (Å²) in [6.45, 7) is 6.90. The summed E-state index contributed by atoms with van der Waals surface area (Å²) in [4.78, 5) is 14.1. The molecule has 0 bridgehead atoms. The minimum absolute atomic E-state index is 0.116. The quantitative estimate of drug-likeness (QED) is 0.738. The third-order valence-corrected chi connectivity index (χ3v) is 6.70. The van der Waals surface area contributed by atoms with Gasteiger partial charge >= 0.3 is 0 Å². The molecular formula is C18H24FNOS. The van der Waals surface area contributed by atoms with Gasteiger partial charge in [-0.25, -0.2) is 4.39 Å². The summed E-state index contributed by atoms with van der Waals surface area (Å²) in [7, 11) is 0. The van der Waals surface area contributed by atoms with Gasteiger partial charge in [-0.05, 0) is 55.2 Å². The van der Waals surface area contributed by atoms with Gasteiger partial charge in [0.15, 0.2) is 0 Å². The van der Waals surface area contributed by atoms with Crippen molar-refractivity contribution in [2.45, 2.75) is 51.3 Å². The van der Waals surface area contributed by atoms with Crippen LogP contribution in [0, 0.1) is 17.2 Å². The summed E-state index contributed by atoms with van der Waals surface area (Å²) in [5, 5.41) is 0. The first-order chi connectivity index (χ1) is 10.3. The molecule has 1 aliphatic heterocycles. The SMILES string of the molecule is CC(C)(C)C1CCC2(CC1)SCC(=O)N2c1cccc(F)c1. The monoisotopic (exact) mass is 321 g/mol. The molecule has 1 saturated carbocycles. The first-order valence-electron chi connectivity index (χ1n) is 8.04. The molecule has 0 aromatic heterocycles. The third-order valence-electron chi connectivity index (χ3n) is 5.18. The van der Waals surface area contributed by atoms with Crippen molar-refractivity contribution in [3.8, 4) is 0 Å². The van der Waals surface area contributed by atoms with E-state index in [0.29, 0.717) is 22.8 Å². The Bertz CT molecular complexity index is 573. The second kappa shape index (κ2) is 5.55. The number of carbonyl (C=O) groups is 1. The summed E-state index contributed by atoms with van der Waals surface area (Å²) in [5.74, 6) is 1.05. The molecule has 2 nitrogen and oxygen atoms in total. The van der Waals surface area contributed by atoms with E-state index in [1.165, 1.54) is 12.1 Å². The number of amides is 1. The van der Waals surface area contributed by atoms with Crippen LogP contribution in [0.5, 0.6) is 0 Å². The highest BCUT2D eigenvalue weighted by Gasteiger charge is 2.49. The molecule has 2 fully saturated rings. The van der Waals surface area contributed by atoms with Gasteiger partial charge in [0.1, 0.15) is 5.82 Å². The van der Waals surface area contributed by atoms with Crippen molar-refractivity contribution in [2.24, 2.45) is 11.3 Å². The van der Waals surface area contributed by atoms with Crippen LogP contribution in [-0.4, -0.2) is 16.5 Å². The van der Waals surface area contributed by atoms with Gasteiger partial charge < -0.3 is 0 Å². The fourth-order valence-corrected chi connectivity index (χ4v) is 5.23. The fraction of sp³-hybridized carbons (Fsp3) is 0.611. The lowest BCUT2D eigenvalue weighted by Crippen LogP contribution is -2.48. The number of anilines is 1. The Morgan fingerprint density at radius 1 is 1.27 bits per heavy atom. The standard InChI is InChI=1S/C18H24FNOS/c1-17(2,3)13-7-9-18(10-8-13)20(16(21)12-22-18)15-6-4-5-14(19)11-15/h4-6,11,13H,7-10,12H2,1-3H3. The number of thioether (sulfide) groups is 1. The number of benzene rings is 1. The minimum atomic E-state index is -0.277. The lowest BCUT2D eigenvalue weighted by atomic mass is 9.71. The van der Waals surface area contributed by atoms with Crippen LogP contribution in [0.1, 0.15) is 46.5 Å². The van der Waals surface area contributed by atoms with Crippen LogP contribution in [-0.2, 0) is 4.79 Å². The second-order valence-electron chi connectivity index (χ2n) is 7.58. The predicted octanol–water partition coefficient (Wildman–Crippen LogP) is 4.84. The molecular weight excluding hydrogens is 297 g/mol. The zero-order valence-corrected chi connectivity index (χ0v) is 14.4. The van der Waals surface area contributed by atoms with Crippen LogP contribution >= 0.6 is 11.8 Å². The minimum Gasteiger partial charge on any atom is -0.296 e. The Balaban J connectivity index is 1.86. The van der Waals surface area contributed by atoms with Crippen molar-refractivity contribution < 1.29 is 9.18 Å². The Morgan fingerprint density at radius 3 is 2.55 bits per heavy atom. The van der Waals surface area contributed by atoms with Crippen LogP contribution in [0.4, 0.5) is 10.1 Å². The van der Waals surface area contributed by atoms with Gasteiger partial charge in [0, 0.05) is 5.69 Å². The van der Waals surface area contributed by atoms with Gasteiger partial charge in [-0.2, -0.15) is 0 Å². The molecule has 2 aliphatic rings. The number of hydrogen-bond acceptors (Lipinski definition) is 2. The number of nitrogens with zero attached hydrogens (tertiary/aromatic N) is 1. The normalized spacial score (nSPS) is 29.4. The topological polar surface area (TPSA) is 20.3 Å². The summed E-state index contributed by atoms with van der Waals surface area (Å²) < 4.78 is 13.6. The van der Waals surface area contributed by atoms with Gasteiger partial charge in [0.25, 0.3) is 0 Å². The number of rotatable bonds is 1. The maximum absolute atomic E-state index is 13.6. The van der Waals surface area contributed by atoms with Crippen molar-refractivity contribution in [1.29, 1.82) is 0 Å². The van der Waals surface area contributed by atoms with Crippen LogP contribution in [0.25, 0.3) is 0 Å². The van der Waals surface area contributed by atoms with E-state index >= 15 is 0 Å². The average Bonchev–Trinajstić information content (AvgIpc) is 2.75. The Labute approximate surface area is 136 Å². The second-order valence-corrected chi connectivity index (χ2v) is 8.92. The number of halogens is 1. The Morgan fingerprint density at radius 2 is 1.95 bits per heavy atom. The zero-order valence-electron chi connectivity index (χ0n) is 13.6. The summed E-state index contributed by atoms with van der Waals surface area (Å²) in [6.07, 6.45) is 4.27. The fourth-order valence-electron chi connectivity index (χ4n) is 3.85. The van der Waals surface area contributed by atoms with Crippen LogP contribution < -0.4 is 4.90 Å². The average molecular weight is 321 g/mol. The summed E-state index contributed by atoms with van der Waals surface area (Å²) in [6, 6.07) is 6.46. The van der Waals surface area contributed by atoms with E-state index in [9.17, 15) is 9.18 Å². The van der Waals surface area contributed by atoms with Crippen molar-refractivity contribution in [3.05, 3.63) is 30.1 Å². The highest BCUT2D eigenvalue weighted by Crippen LogP contribution is 2.52. The molecule has 1 aromatic rings. The van der Waals surface area contributed by atoms with E-state index in [1.807, 2.05) is 11.0 Å². The molecule has 3 rings (SSSR count). The van der Waals surface area contributed by atoms with Crippen molar-refractivity contribution in [2.75, 3.05) is 10.7 Å². The van der Waals surface area contributed by atoms with E-state index in [-0.39, 0.29) is 16.6 Å². The van der Waals surface area contributed by atoms with Gasteiger partial charge in [-0.3, -0.25) is 9.69 Å². The molecule has 1 aromatic carbocycles. The largest absolute Gasteiger partial charge is 0.296 e. The molecule has 0 atom stereocenters. The maximum atomic E-state index is 13.6. The first kappa shape index (κ1) is 15.9. The zero-order chi connectivity index (χ0) is 16.0. The highest BCUT2D eigenvalue weighted by atomic mass is 32.2. The summed E-state index contributed by atoms with van der Waals surface area (Å²) in [5.41, 5.74) is 1.03. The Kier molecular flexibility index (Phi) is 4.00. The summed E-state index contributed by atoms with van der Waals surface area (Å²) >= 11 is 1.75. The van der Waals surface area contributed by atoms with E-state index in [1.54, 1.807) is 17.8 Å².